The van der Waals surface area contributed by atoms with Gasteiger partial charge in [0.15, 0.2) is 6.23 Å². The van der Waals surface area contributed by atoms with E-state index in [1.807, 2.05) is 0 Å². The molecule has 0 saturated carbocycles. The number of aliphatic hydroxyl groups excluding tert-OH is 2. The first kappa shape index (κ1) is 28.2. The first-order valence-corrected chi connectivity index (χ1v) is 13.6. The van der Waals surface area contributed by atoms with Gasteiger partial charge in [-0.05, 0) is 32.9 Å². The van der Waals surface area contributed by atoms with E-state index < -0.39 is 56.3 Å². The van der Waals surface area contributed by atoms with E-state index in [0.717, 1.165) is 4.57 Å². The molecule has 2 aromatic rings. The lowest BCUT2D eigenvalue weighted by molar-refractivity contribution is -0.151. The molecule has 1 saturated heterocycles. The fraction of sp³-hybridized carbons (Fsp3) is 0.522. The highest BCUT2D eigenvalue weighted by Gasteiger charge is 2.45. The molecule has 11 nitrogen and oxygen atoms in total. The van der Waals surface area contributed by atoms with Crippen LogP contribution in [-0.2, 0) is 23.4 Å². The van der Waals surface area contributed by atoms with E-state index in [9.17, 15) is 24.4 Å². The van der Waals surface area contributed by atoms with Crippen molar-refractivity contribution in [2.24, 2.45) is 5.92 Å². The monoisotopic (exact) mass is 542 g/mol. The normalized spacial score (nSPS) is 24.3. The van der Waals surface area contributed by atoms with Crippen LogP contribution in [0.2, 0.25) is 0 Å². The number of aryl methyl sites for hydroxylation is 1. The van der Waals surface area contributed by atoms with Crippen LogP contribution in [0.1, 0.15) is 32.6 Å². The van der Waals surface area contributed by atoms with Gasteiger partial charge in [0, 0.05) is 11.8 Å². The predicted octanol–water partition coefficient (Wildman–Crippen LogP) is 2.71. The Morgan fingerprint density at radius 2 is 1.89 bits per heavy atom. The molecule has 198 valence electrons. The molecular weight excluding hydrogens is 511 g/mol. The lowest BCUT2D eigenvalue weighted by Gasteiger charge is -2.24. The molecule has 1 aromatic heterocycles. The van der Waals surface area contributed by atoms with E-state index in [-0.39, 0.29) is 22.7 Å². The smallest absolute Gasteiger partial charge is 0.380 e. The maximum atomic E-state index is 13.7. The summed E-state index contributed by atoms with van der Waals surface area (Å²) in [7, 11) is -3.97. The summed E-state index contributed by atoms with van der Waals surface area (Å²) in [5.74, 6) is -1.12. The molecule has 2 heterocycles. The molecule has 0 radical (unpaired) electrons. The van der Waals surface area contributed by atoms with Gasteiger partial charge >= 0.3 is 19.3 Å². The average Bonchev–Trinajstić information content (AvgIpc) is 3.08. The van der Waals surface area contributed by atoms with Gasteiger partial charge in [0.05, 0.1) is 24.8 Å². The quantitative estimate of drug-likeness (QED) is 0.232. The average molecular weight is 543 g/mol. The summed E-state index contributed by atoms with van der Waals surface area (Å²) >= 11 is 5.04. The Balaban J connectivity index is 1.77. The van der Waals surface area contributed by atoms with Gasteiger partial charge in [-0.3, -0.25) is 18.9 Å². The number of aromatic nitrogens is 2. The summed E-state index contributed by atoms with van der Waals surface area (Å²) in [5.41, 5.74) is -0.0587. The second-order valence-corrected chi connectivity index (χ2v) is 11.3. The van der Waals surface area contributed by atoms with Crippen LogP contribution in [0.4, 0.5) is 0 Å². The zero-order chi connectivity index (χ0) is 26.6. The summed E-state index contributed by atoms with van der Waals surface area (Å²) in [6.45, 7) is 6.18. The van der Waals surface area contributed by atoms with Crippen molar-refractivity contribution < 1.29 is 38.1 Å². The number of carbonyl (C=O) groups is 1. The van der Waals surface area contributed by atoms with Crippen LogP contribution in [0.15, 0.2) is 41.3 Å². The third-order valence-electron chi connectivity index (χ3n) is 5.43. The van der Waals surface area contributed by atoms with Crippen molar-refractivity contribution in [3.63, 3.8) is 0 Å². The second-order valence-electron chi connectivity index (χ2n) is 8.91. The number of esters is 1. The minimum Gasteiger partial charge on any atom is -0.463 e. The van der Waals surface area contributed by atoms with Crippen LogP contribution in [0, 0.1) is 17.5 Å². The highest BCUT2D eigenvalue weighted by Crippen LogP contribution is 2.50. The van der Waals surface area contributed by atoms with E-state index in [0.29, 0.717) is 5.56 Å². The zero-order valence-electron chi connectivity index (χ0n) is 20.4. The van der Waals surface area contributed by atoms with Crippen molar-refractivity contribution in [1.82, 2.24) is 9.55 Å². The maximum Gasteiger partial charge on any atom is 0.380 e. The standard InChI is InChI=1S/C23H31N2O9PS/c1-13(2)32-22(28)15(4)12-35(30,34-16-8-6-5-7-9-16)31-11-17-18(26)19(27)21(33-17)25-10-14(3)20(36)24-23(25)29/h5-10,13,15,17-19,21,26-27H,11-12H2,1-4H3,(H,24,29,36)/t15-,17+,18?,19-,21+,35?/m1/s1. The molecule has 3 rings (SSSR count). The first-order chi connectivity index (χ1) is 16.9. The number of hydrogen-bond donors (Lipinski definition) is 3. The largest absolute Gasteiger partial charge is 0.463 e. The van der Waals surface area contributed by atoms with Gasteiger partial charge in [-0.15, -0.1) is 0 Å². The molecule has 3 N–H and O–H groups in total. The zero-order valence-corrected chi connectivity index (χ0v) is 22.1. The summed E-state index contributed by atoms with van der Waals surface area (Å²) in [5, 5.41) is 21.1. The van der Waals surface area contributed by atoms with E-state index in [2.05, 4.69) is 4.98 Å². The Bertz CT molecular complexity index is 1220. The molecule has 1 aliphatic heterocycles. The number of benzene rings is 1. The molecule has 0 aliphatic carbocycles. The lowest BCUT2D eigenvalue weighted by Crippen LogP contribution is -2.36. The van der Waals surface area contributed by atoms with Gasteiger partial charge in [-0.1, -0.05) is 37.3 Å². The van der Waals surface area contributed by atoms with Crippen LogP contribution < -0.4 is 10.2 Å². The van der Waals surface area contributed by atoms with Gasteiger partial charge in [0.1, 0.15) is 28.7 Å². The fourth-order valence-electron chi connectivity index (χ4n) is 3.58. The van der Waals surface area contributed by atoms with Crippen LogP contribution in [0.3, 0.4) is 0 Å². The molecule has 36 heavy (non-hydrogen) atoms. The molecule has 1 aliphatic rings. The number of aliphatic hydroxyl groups is 2. The van der Waals surface area contributed by atoms with Gasteiger partial charge in [-0.25, -0.2) is 9.36 Å². The fourth-order valence-corrected chi connectivity index (χ4v) is 5.59. The predicted molar refractivity (Wildman–Crippen MR) is 132 cm³/mol. The van der Waals surface area contributed by atoms with E-state index in [1.54, 1.807) is 58.0 Å². The lowest BCUT2D eigenvalue weighted by atomic mass is 10.1. The number of carbonyl (C=O) groups excluding carboxylic acids is 1. The number of ether oxygens (including phenoxy) is 2. The summed E-state index contributed by atoms with van der Waals surface area (Å²) in [6, 6.07) is 8.30. The van der Waals surface area contributed by atoms with Crippen molar-refractivity contribution in [3.05, 3.63) is 57.2 Å². The number of H-pyrrole nitrogens is 1. The van der Waals surface area contributed by atoms with Crippen LogP contribution >= 0.6 is 19.8 Å². The molecule has 0 bridgehead atoms. The minimum atomic E-state index is -3.97. The Hall–Kier alpha value is -2.34. The molecule has 0 amide bonds. The number of hydrogen-bond acceptors (Lipinski definition) is 10. The molecule has 0 spiro atoms. The Morgan fingerprint density at radius 1 is 1.22 bits per heavy atom. The molecule has 6 atom stereocenters. The third kappa shape index (κ3) is 6.90. The Kier molecular flexibility index (Phi) is 9.26. The van der Waals surface area contributed by atoms with Crippen molar-refractivity contribution >= 4 is 25.8 Å². The first-order valence-electron chi connectivity index (χ1n) is 11.4. The highest BCUT2D eigenvalue weighted by molar-refractivity contribution is 7.71. The third-order valence-corrected chi connectivity index (χ3v) is 7.88. The topological polar surface area (TPSA) is 149 Å². The van der Waals surface area contributed by atoms with Gasteiger partial charge < -0.3 is 24.2 Å². The van der Waals surface area contributed by atoms with E-state index in [1.165, 1.54) is 6.20 Å². The van der Waals surface area contributed by atoms with Crippen LogP contribution in [-0.4, -0.2) is 62.9 Å². The van der Waals surface area contributed by atoms with E-state index in [4.69, 9.17) is 30.7 Å². The number of para-hydroxylation sites is 1. The maximum absolute atomic E-state index is 13.7. The number of nitrogens with one attached hydrogen (secondary N) is 1. The molecule has 1 aromatic carbocycles. The number of nitrogens with zero attached hydrogens (tertiary/aromatic N) is 1. The minimum absolute atomic E-state index is 0.244. The van der Waals surface area contributed by atoms with Crippen molar-refractivity contribution in [3.8, 4) is 5.75 Å². The highest BCUT2D eigenvalue weighted by atomic mass is 32.1. The summed E-state index contributed by atoms with van der Waals surface area (Å²) in [6.07, 6.45) is -4.55. The van der Waals surface area contributed by atoms with Crippen molar-refractivity contribution in [2.75, 3.05) is 12.8 Å². The molecule has 1 fully saturated rings. The number of rotatable bonds is 10. The number of aromatic amines is 1. The molecule has 2 unspecified atom stereocenters. The van der Waals surface area contributed by atoms with Crippen molar-refractivity contribution in [1.29, 1.82) is 0 Å². The van der Waals surface area contributed by atoms with Crippen LogP contribution in [0.5, 0.6) is 5.75 Å². The summed E-state index contributed by atoms with van der Waals surface area (Å²) in [4.78, 5) is 27.1. The van der Waals surface area contributed by atoms with Gasteiger partial charge in [0.2, 0.25) is 0 Å². The molecule has 13 heteroatoms. The second kappa shape index (κ2) is 11.8. The Labute approximate surface area is 213 Å². The molecular formula is C23H31N2O9PS. The van der Waals surface area contributed by atoms with Gasteiger partial charge in [0.25, 0.3) is 0 Å². The SMILES string of the molecule is Cc1cn([C@H]2O[C@@H](COP(=O)(C[C@@H](C)C(=O)OC(C)C)Oc3ccccc3)C(O)[C@H]2O)c(=O)[nH]c1=S. The Morgan fingerprint density at radius 3 is 2.53 bits per heavy atom. The van der Waals surface area contributed by atoms with Crippen molar-refractivity contribution in [2.45, 2.75) is 58.3 Å². The van der Waals surface area contributed by atoms with Crippen LogP contribution in [0.25, 0.3) is 0 Å². The van der Waals surface area contributed by atoms with E-state index >= 15 is 0 Å². The summed E-state index contributed by atoms with van der Waals surface area (Å²) < 4.78 is 37.2. The van der Waals surface area contributed by atoms with Gasteiger partial charge in [-0.2, -0.15) is 0 Å².